The lowest BCUT2D eigenvalue weighted by molar-refractivity contribution is 0.185. The van der Waals surface area contributed by atoms with Crippen LogP contribution < -0.4 is 0 Å². The zero-order valence-electron chi connectivity index (χ0n) is 33.8. The van der Waals surface area contributed by atoms with Gasteiger partial charge in [-0.15, -0.1) is 0 Å². The summed E-state index contributed by atoms with van der Waals surface area (Å²) in [5.41, 5.74) is 0. The van der Waals surface area contributed by atoms with Gasteiger partial charge < -0.3 is 18.3 Å². The Balaban J connectivity index is 2.85. The van der Waals surface area contributed by atoms with Crippen LogP contribution in [0.3, 0.4) is 0 Å². The first-order valence-corrected chi connectivity index (χ1v) is 34.8. The average molecular weight is 744 g/mol. The van der Waals surface area contributed by atoms with Crippen LogP contribution in [0.4, 0.5) is 0 Å². The normalized spacial score (nSPS) is 21.1. The number of hydrogen-bond donors (Lipinski definition) is 0. The molecule has 4 unspecified atom stereocenters. The Morgan fingerprint density at radius 3 is 1.74 bits per heavy atom. The standard InChI is InChI=1S/C36H86N4Si6/c1-11-23-37(35-19-17-18-20-35)45(29-26-42)46(40(33(8)9)34(10)13-3,38(24-12-2)36-21-15-14-16-22-36)30-27-43-44(28-25-41)39(31(4)5)32(6)7/h31-36,44-45H,11-30,43H2,1-10,41-42H3. The fraction of sp³-hybridized carbons (Fsp3) is 1.00. The van der Waals surface area contributed by atoms with Crippen molar-refractivity contribution in [2.24, 2.45) is 0 Å². The number of hydrogen-bond acceptors (Lipinski definition) is 4. The van der Waals surface area contributed by atoms with Gasteiger partial charge in [0.1, 0.15) is 8.48 Å². The molecule has 0 radical (unpaired) electrons. The Bertz CT molecular complexity index is 772. The first-order valence-electron chi connectivity index (χ1n) is 21.1. The van der Waals surface area contributed by atoms with E-state index in [2.05, 4.69) is 87.5 Å². The summed E-state index contributed by atoms with van der Waals surface area (Å²) in [6.07, 6.45) is 17.4. The lowest BCUT2D eigenvalue weighted by atomic mass is 9.95. The highest BCUT2D eigenvalue weighted by atomic mass is 29.2. The number of rotatable bonds is 24. The molecule has 46 heavy (non-hydrogen) atoms. The number of nitrogens with zero attached hydrogens (tertiary/aromatic N) is 4. The smallest absolute Gasteiger partial charge is 0.206 e. The summed E-state index contributed by atoms with van der Waals surface area (Å²) in [7, 11) is -1.40. The van der Waals surface area contributed by atoms with Crippen molar-refractivity contribution in [3.8, 4) is 0 Å². The quantitative estimate of drug-likeness (QED) is 0.114. The molecule has 0 spiro atoms. The van der Waals surface area contributed by atoms with Crippen molar-refractivity contribution in [1.29, 1.82) is 0 Å². The van der Waals surface area contributed by atoms with Crippen LogP contribution in [0, 0.1) is 0 Å². The molecule has 2 saturated carbocycles. The van der Waals surface area contributed by atoms with Crippen molar-refractivity contribution in [3.05, 3.63) is 0 Å². The molecule has 0 aromatic carbocycles. The zero-order chi connectivity index (χ0) is 34.3. The average Bonchev–Trinajstić information content (AvgIpc) is 3.56. The van der Waals surface area contributed by atoms with Crippen molar-refractivity contribution in [2.75, 3.05) is 13.1 Å². The molecule has 0 aliphatic heterocycles. The molecule has 2 fully saturated rings. The summed E-state index contributed by atoms with van der Waals surface area (Å²) in [6.45, 7) is 28.4. The third-order valence-corrected chi connectivity index (χ3v) is 42.7. The van der Waals surface area contributed by atoms with E-state index < -0.39 is 24.9 Å². The van der Waals surface area contributed by atoms with E-state index in [1.165, 1.54) is 111 Å². The summed E-state index contributed by atoms with van der Waals surface area (Å²) in [6, 6.07) is 14.2. The minimum atomic E-state index is -2.01. The molecule has 274 valence electrons. The van der Waals surface area contributed by atoms with E-state index in [9.17, 15) is 0 Å². The van der Waals surface area contributed by atoms with Crippen LogP contribution in [0.5, 0.6) is 0 Å². The second-order valence-electron chi connectivity index (χ2n) is 16.6. The molecule has 0 aromatic rings. The predicted molar refractivity (Wildman–Crippen MR) is 229 cm³/mol. The lowest BCUT2D eigenvalue weighted by Crippen LogP contribution is -2.82. The van der Waals surface area contributed by atoms with Crippen LogP contribution in [0.2, 0.25) is 36.3 Å². The molecule has 0 N–H and O–H groups in total. The van der Waals surface area contributed by atoms with Crippen LogP contribution in [0.1, 0.15) is 146 Å². The van der Waals surface area contributed by atoms with E-state index in [-0.39, 0.29) is 9.04 Å². The minimum Gasteiger partial charge on any atom is -0.325 e. The van der Waals surface area contributed by atoms with E-state index in [0.29, 0.717) is 12.1 Å². The fourth-order valence-corrected chi connectivity index (χ4v) is 54.9. The summed E-state index contributed by atoms with van der Waals surface area (Å²) >= 11 is 0. The van der Waals surface area contributed by atoms with Gasteiger partial charge in [-0.1, -0.05) is 126 Å². The topological polar surface area (TPSA) is 13.0 Å². The van der Waals surface area contributed by atoms with Gasteiger partial charge in [0.25, 0.3) is 0 Å². The second kappa shape index (κ2) is 22.9. The van der Waals surface area contributed by atoms with E-state index in [1.54, 1.807) is 36.3 Å². The van der Waals surface area contributed by atoms with Gasteiger partial charge in [0.05, 0.1) is 8.48 Å². The third-order valence-electron chi connectivity index (χ3n) is 12.1. The van der Waals surface area contributed by atoms with Gasteiger partial charge in [-0.3, -0.25) is 0 Å². The highest BCUT2D eigenvalue weighted by molar-refractivity contribution is 7.30. The highest BCUT2D eigenvalue weighted by Gasteiger charge is 2.57. The van der Waals surface area contributed by atoms with Gasteiger partial charge in [0.15, 0.2) is 0 Å². The van der Waals surface area contributed by atoms with Crippen molar-refractivity contribution in [2.45, 2.75) is 219 Å². The Hall–Kier alpha value is 1.14. The largest absolute Gasteiger partial charge is 0.325 e. The van der Waals surface area contributed by atoms with Gasteiger partial charge in [-0.25, -0.2) is 0 Å². The van der Waals surface area contributed by atoms with Crippen LogP contribution >= 0.6 is 0 Å². The van der Waals surface area contributed by atoms with Gasteiger partial charge in [-0.2, -0.15) is 0 Å². The molecule has 4 nitrogen and oxygen atoms in total. The van der Waals surface area contributed by atoms with Crippen LogP contribution in [-0.2, 0) is 0 Å². The molecular formula is C36H86N4Si6. The zero-order valence-corrected chi connectivity index (χ0v) is 42.5. The summed E-state index contributed by atoms with van der Waals surface area (Å²) in [4.78, 5) is 0. The minimum absolute atomic E-state index is 0.0789. The summed E-state index contributed by atoms with van der Waals surface area (Å²) < 4.78 is 13.4. The maximum Gasteiger partial charge on any atom is 0.206 e. The van der Waals surface area contributed by atoms with Crippen LogP contribution in [-0.4, -0.2) is 122 Å². The molecule has 0 bridgehead atoms. The van der Waals surface area contributed by atoms with Gasteiger partial charge in [0, 0.05) is 47.6 Å². The van der Waals surface area contributed by atoms with E-state index >= 15 is 0 Å². The molecular weight excluding hydrogens is 657 g/mol. The molecule has 10 heteroatoms. The Morgan fingerprint density at radius 2 is 1.26 bits per heavy atom. The van der Waals surface area contributed by atoms with Crippen molar-refractivity contribution >= 4 is 54.4 Å². The molecule has 2 aliphatic carbocycles. The Labute approximate surface area is 303 Å². The second-order valence-corrected chi connectivity index (χ2v) is 37.3. The van der Waals surface area contributed by atoms with E-state index in [1.807, 2.05) is 0 Å². The van der Waals surface area contributed by atoms with Crippen molar-refractivity contribution < 1.29 is 0 Å². The SMILES string of the molecule is CCCN(C1CCCC1)[SiH](CC[SiH3])[Si](CC[SiH2][SiH](CC[SiH3])N(C(C)C)C(C)C)(N(CCC)C1CCCCC1)N(C(C)C)C(C)CC. The molecule has 2 rings (SSSR count). The molecule has 0 heterocycles. The highest BCUT2D eigenvalue weighted by Crippen LogP contribution is 2.40. The Kier molecular flexibility index (Phi) is 21.5. The van der Waals surface area contributed by atoms with E-state index in [4.69, 9.17) is 0 Å². The van der Waals surface area contributed by atoms with Crippen molar-refractivity contribution in [3.63, 3.8) is 0 Å². The molecule has 2 aliphatic rings. The molecule has 0 aromatic heterocycles. The van der Waals surface area contributed by atoms with Gasteiger partial charge >= 0.3 is 0 Å². The molecule has 0 amide bonds. The summed E-state index contributed by atoms with van der Waals surface area (Å²) in [5.74, 6) is 0. The molecule has 0 saturated heterocycles. The summed E-state index contributed by atoms with van der Waals surface area (Å²) in [5, 5.41) is 0. The predicted octanol–water partition coefficient (Wildman–Crippen LogP) is 5.93. The third kappa shape index (κ3) is 11.6. The van der Waals surface area contributed by atoms with Crippen molar-refractivity contribution in [1.82, 2.24) is 18.3 Å². The van der Waals surface area contributed by atoms with Gasteiger partial charge in [0.2, 0.25) is 7.91 Å². The maximum atomic E-state index is 3.49. The van der Waals surface area contributed by atoms with E-state index in [0.717, 1.165) is 24.2 Å². The van der Waals surface area contributed by atoms with Crippen LogP contribution in [0.25, 0.3) is 0 Å². The lowest BCUT2D eigenvalue weighted by Gasteiger charge is -2.61. The molecule has 4 atom stereocenters. The maximum absolute atomic E-state index is 3.49. The first-order chi connectivity index (χ1) is 22.0. The first kappa shape index (κ1) is 43.3. The van der Waals surface area contributed by atoms with Crippen LogP contribution in [0.15, 0.2) is 0 Å². The Morgan fingerprint density at radius 1 is 0.717 bits per heavy atom. The van der Waals surface area contributed by atoms with Gasteiger partial charge in [-0.05, 0) is 88.2 Å². The fourth-order valence-electron chi connectivity index (χ4n) is 10.6. The monoisotopic (exact) mass is 743 g/mol.